The maximum Gasteiger partial charge on any atom is 0.248 e. The van der Waals surface area contributed by atoms with E-state index in [4.69, 9.17) is 0 Å². The molecular formula is C11H19F2NO. The largest absolute Gasteiger partial charge is 0.389 e. The molecule has 2 aliphatic rings. The molecule has 1 atom stereocenters. The van der Waals surface area contributed by atoms with Crippen LogP contribution in [0.3, 0.4) is 0 Å². The molecule has 4 heteroatoms. The van der Waals surface area contributed by atoms with E-state index in [1.165, 1.54) is 0 Å². The number of hydrogen-bond donors (Lipinski definition) is 2. The van der Waals surface area contributed by atoms with Crippen LogP contribution < -0.4 is 5.32 Å². The molecule has 1 saturated carbocycles. The minimum absolute atomic E-state index is 0.00117. The summed E-state index contributed by atoms with van der Waals surface area (Å²) in [4.78, 5) is 0. The van der Waals surface area contributed by atoms with Gasteiger partial charge in [-0.05, 0) is 38.1 Å². The molecule has 1 unspecified atom stereocenters. The predicted molar refractivity (Wildman–Crippen MR) is 54.0 cm³/mol. The fourth-order valence-electron chi connectivity index (χ4n) is 2.75. The predicted octanol–water partition coefficient (Wildman–Crippen LogP) is 1.93. The highest BCUT2D eigenvalue weighted by Gasteiger charge is 2.39. The van der Waals surface area contributed by atoms with Gasteiger partial charge >= 0.3 is 0 Å². The molecule has 0 amide bonds. The van der Waals surface area contributed by atoms with Crippen LogP contribution in [0.15, 0.2) is 0 Å². The van der Waals surface area contributed by atoms with Crippen LogP contribution in [0.1, 0.15) is 38.5 Å². The topological polar surface area (TPSA) is 32.3 Å². The van der Waals surface area contributed by atoms with Crippen molar-refractivity contribution in [3.05, 3.63) is 0 Å². The maximum absolute atomic E-state index is 12.9. The number of alkyl halides is 2. The second-order valence-corrected chi connectivity index (χ2v) is 5.15. The van der Waals surface area contributed by atoms with Gasteiger partial charge in [0.05, 0.1) is 5.60 Å². The summed E-state index contributed by atoms with van der Waals surface area (Å²) in [6.45, 7) is 1.47. The molecule has 2 nitrogen and oxygen atoms in total. The van der Waals surface area contributed by atoms with Gasteiger partial charge in [-0.15, -0.1) is 0 Å². The summed E-state index contributed by atoms with van der Waals surface area (Å²) in [6, 6.07) is 0. The quantitative estimate of drug-likeness (QED) is 0.743. The van der Waals surface area contributed by atoms with Crippen molar-refractivity contribution in [3.63, 3.8) is 0 Å². The lowest BCUT2D eigenvalue weighted by atomic mass is 9.79. The van der Waals surface area contributed by atoms with Crippen LogP contribution in [0, 0.1) is 5.92 Å². The molecule has 1 saturated heterocycles. The van der Waals surface area contributed by atoms with E-state index >= 15 is 0 Å². The normalized spacial score (nSPS) is 37.0. The summed E-state index contributed by atoms with van der Waals surface area (Å²) in [7, 11) is 0. The standard InChI is InChI=1S/C11H19F2NO/c12-11(13)3-1-9(2-4-11)7-10(15)5-6-14-8-10/h9,14-15H,1-8H2. The molecule has 0 bridgehead atoms. The lowest BCUT2D eigenvalue weighted by Gasteiger charge is -2.32. The Balaban J connectivity index is 1.81. The van der Waals surface area contributed by atoms with E-state index in [0.717, 1.165) is 13.0 Å². The van der Waals surface area contributed by atoms with E-state index in [1.807, 2.05) is 0 Å². The van der Waals surface area contributed by atoms with Gasteiger partial charge in [0.25, 0.3) is 0 Å². The smallest absolute Gasteiger partial charge is 0.248 e. The molecule has 0 aromatic carbocycles. The van der Waals surface area contributed by atoms with Crippen LogP contribution in [-0.4, -0.2) is 29.7 Å². The minimum Gasteiger partial charge on any atom is -0.389 e. The Kier molecular flexibility index (Phi) is 2.99. The number of aliphatic hydroxyl groups is 1. The van der Waals surface area contributed by atoms with Gasteiger partial charge in [0.2, 0.25) is 5.92 Å². The van der Waals surface area contributed by atoms with E-state index < -0.39 is 11.5 Å². The second-order valence-electron chi connectivity index (χ2n) is 5.15. The molecule has 0 radical (unpaired) electrons. The molecular weight excluding hydrogens is 200 g/mol. The number of hydrogen-bond acceptors (Lipinski definition) is 2. The van der Waals surface area contributed by atoms with Crippen molar-refractivity contribution in [1.29, 1.82) is 0 Å². The van der Waals surface area contributed by atoms with Crippen molar-refractivity contribution in [3.8, 4) is 0 Å². The minimum atomic E-state index is -2.45. The van der Waals surface area contributed by atoms with Crippen LogP contribution in [0.25, 0.3) is 0 Å². The first-order valence-electron chi connectivity index (χ1n) is 5.80. The average Bonchev–Trinajstić information content (AvgIpc) is 2.57. The molecule has 0 aromatic heterocycles. The Morgan fingerprint density at radius 2 is 1.87 bits per heavy atom. The SMILES string of the molecule is OC1(CC2CCC(F)(F)CC2)CCNC1. The van der Waals surface area contributed by atoms with Gasteiger partial charge < -0.3 is 10.4 Å². The Morgan fingerprint density at radius 3 is 2.40 bits per heavy atom. The monoisotopic (exact) mass is 219 g/mol. The van der Waals surface area contributed by atoms with Crippen LogP contribution in [0.5, 0.6) is 0 Å². The third kappa shape index (κ3) is 2.88. The zero-order chi connectivity index (χ0) is 10.9. The molecule has 2 rings (SSSR count). The molecule has 88 valence electrons. The average molecular weight is 219 g/mol. The zero-order valence-electron chi connectivity index (χ0n) is 8.94. The Morgan fingerprint density at radius 1 is 1.20 bits per heavy atom. The van der Waals surface area contributed by atoms with Crippen molar-refractivity contribution < 1.29 is 13.9 Å². The second kappa shape index (κ2) is 3.98. The van der Waals surface area contributed by atoms with E-state index in [9.17, 15) is 13.9 Å². The maximum atomic E-state index is 12.9. The highest BCUT2D eigenvalue weighted by atomic mass is 19.3. The molecule has 2 N–H and O–H groups in total. The van der Waals surface area contributed by atoms with Crippen LogP contribution in [-0.2, 0) is 0 Å². The first-order valence-corrected chi connectivity index (χ1v) is 5.80. The van der Waals surface area contributed by atoms with E-state index in [-0.39, 0.29) is 18.8 Å². The highest BCUT2D eigenvalue weighted by Crippen LogP contribution is 2.39. The zero-order valence-corrected chi connectivity index (χ0v) is 8.94. The molecule has 1 aliphatic carbocycles. The van der Waals surface area contributed by atoms with Gasteiger partial charge in [0.15, 0.2) is 0 Å². The van der Waals surface area contributed by atoms with Crippen molar-refractivity contribution >= 4 is 0 Å². The van der Waals surface area contributed by atoms with Crippen LogP contribution >= 0.6 is 0 Å². The first kappa shape index (κ1) is 11.3. The molecule has 0 aromatic rings. The van der Waals surface area contributed by atoms with Crippen molar-refractivity contribution in [2.24, 2.45) is 5.92 Å². The molecule has 1 aliphatic heterocycles. The number of rotatable bonds is 2. The molecule has 1 heterocycles. The van der Waals surface area contributed by atoms with E-state index in [1.54, 1.807) is 0 Å². The third-order valence-electron chi connectivity index (χ3n) is 3.73. The Bertz CT molecular complexity index is 217. The summed E-state index contributed by atoms with van der Waals surface area (Å²) >= 11 is 0. The van der Waals surface area contributed by atoms with Crippen LogP contribution in [0.4, 0.5) is 8.78 Å². The Hall–Kier alpha value is -0.220. The third-order valence-corrected chi connectivity index (χ3v) is 3.73. The highest BCUT2D eigenvalue weighted by molar-refractivity contribution is 4.91. The summed E-state index contributed by atoms with van der Waals surface area (Å²) < 4.78 is 25.8. The van der Waals surface area contributed by atoms with Gasteiger partial charge in [-0.3, -0.25) is 0 Å². The van der Waals surface area contributed by atoms with E-state index in [2.05, 4.69) is 5.32 Å². The fourth-order valence-corrected chi connectivity index (χ4v) is 2.75. The molecule has 15 heavy (non-hydrogen) atoms. The number of β-amino-alcohol motifs (C(OH)–C–C–N with tert-alkyl or cyclic N) is 1. The van der Waals surface area contributed by atoms with Gasteiger partial charge in [-0.1, -0.05) is 0 Å². The summed E-state index contributed by atoms with van der Waals surface area (Å²) in [5.41, 5.74) is -0.628. The first-order chi connectivity index (χ1) is 6.99. The van der Waals surface area contributed by atoms with Gasteiger partial charge in [0, 0.05) is 19.4 Å². The fraction of sp³-hybridized carbons (Fsp3) is 1.00. The van der Waals surface area contributed by atoms with E-state index in [0.29, 0.717) is 25.8 Å². The molecule has 0 spiro atoms. The summed E-state index contributed by atoms with van der Waals surface area (Å²) in [5.74, 6) is -2.16. The van der Waals surface area contributed by atoms with Crippen LogP contribution in [0.2, 0.25) is 0 Å². The lowest BCUT2D eigenvalue weighted by molar-refractivity contribution is -0.0580. The van der Waals surface area contributed by atoms with Crippen molar-refractivity contribution in [1.82, 2.24) is 5.32 Å². The van der Waals surface area contributed by atoms with Gasteiger partial charge in [-0.25, -0.2) is 8.78 Å². The van der Waals surface area contributed by atoms with Crippen molar-refractivity contribution in [2.45, 2.75) is 50.0 Å². The number of nitrogens with one attached hydrogen (secondary N) is 1. The number of halogens is 2. The van der Waals surface area contributed by atoms with Gasteiger partial charge in [0.1, 0.15) is 0 Å². The van der Waals surface area contributed by atoms with Gasteiger partial charge in [-0.2, -0.15) is 0 Å². The van der Waals surface area contributed by atoms with Crippen molar-refractivity contribution in [2.75, 3.05) is 13.1 Å². The molecule has 2 fully saturated rings. The lowest BCUT2D eigenvalue weighted by Crippen LogP contribution is -2.36. The summed E-state index contributed by atoms with van der Waals surface area (Å²) in [6.07, 6.45) is 2.59. The Labute approximate surface area is 89.1 Å². The summed E-state index contributed by atoms with van der Waals surface area (Å²) in [5, 5.41) is 13.2.